The van der Waals surface area contributed by atoms with Crippen LogP contribution in [0.5, 0.6) is 5.75 Å². The molecule has 0 unspecified atom stereocenters. The number of nitrogens with zero attached hydrogens (tertiary/aromatic N) is 2. The van der Waals surface area contributed by atoms with Gasteiger partial charge in [-0.3, -0.25) is 0 Å². The molecule has 0 radical (unpaired) electrons. The van der Waals surface area contributed by atoms with Crippen molar-refractivity contribution >= 4 is 29.2 Å². The minimum atomic E-state index is -0.379. The quantitative estimate of drug-likeness (QED) is 0.420. The van der Waals surface area contributed by atoms with Gasteiger partial charge in [0, 0.05) is 36.2 Å². The molecule has 8 nitrogen and oxygen atoms in total. The minimum Gasteiger partial charge on any atom is -0.497 e. The Morgan fingerprint density at radius 2 is 1.70 bits per heavy atom. The molecule has 156 valence electrons. The molecule has 0 spiro atoms. The Morgan fingerprint density at radius 3 is 2.40 bits per heavy atom. The average molecular weight is 410 g/mol. The molecule has 1 heterocycles. The van der Waals surface area contributed by atoms with E-state index in [-0.39, 0.29) is 11.8 Å². The van der Waals surface area contributed by atoms with Gasteiger partial charge in [0.2, 0.25) is 5.95 Å². The van der Waals surface area contributed by atoms with Crippen molar-refractivity contribution in [3.05, 3.63) is 66.1 Å². The first-order valence-electron chi connectivity index (χ1n) is 9.33. The Labute approximate surface area is 173 Å². The molecular formula is C21H23FN6O2. The SMILES string of the molecule is COc1ccc(Nc2cc(C)nc(NCCNC(=O)Nc3ccc(F)cc3)n2)cc1. The van der Waals surface area contributed by atoms with Gasteiger partial charge >= 0.3 is 6.03 Å². The molecule has 3 aromatic rings. The van der Waals surface area contributed by atoms with Crippen LogP contribution in [0.4, 0.5) is 32.3 Å². The maximum atomic E-state index is 12.9. The topological polar surface area (TPSA) is 100 Å². The van der Waals surface area contributed by atoms with E-state index in [2.05, 4.69) is 31.2 Å². The first-order valence-corrected chi connectivity index (χ1v) is 9.33. The second-order valence-corrected chi connectivity index (χ2v) is 6.39. The summed E-state index contributed by atoms with van der Waals surface area (Å²) < 4.78 is 18.0. The molecule has 0 aliphatic rings. The number of carbonyl (C=O) groups excluding carboxylic acids is 1. The van der Waals surface area contributed by atoms with Crippen LogP contribution in [0, 0.1) is 12.7 Å². The number of amides is 2. The molecule has 1 aromatic heterocycles. The Balaban J connectivity index is 1.47. The number of ether oxygens (including phenoxy) is 1. The van der Waals surface area contributed by atoms with Crippen molar-refractivity contribution in [2.45, 2.75) is 6.92 Å². The largest absolute Gasteiger partial charge is 0.497 e. The van der Waals surface area contributed by atoms with Crippen LogP contribution in [-0.2, 0) is 0 Å². The molecule has 30 heavy (non-hydrogen) atoms. The highest BCUT2D eigenvalue weighted by molar-refractivity contribution is 5.89. The predicted molar refractivity (Wildman–Crippen MR) is 115 cm³/mol. The number of halogens is 1. The molecule has 0 saturated heterocycles. The fraction of sp³-hybridized carbons (Fsp3) is 0.190. The zero-order valence-corrected chi connectivity index (χ0v) is 16.7. The maximum Gasteiger partial charge on any atom is 0.319 e. The van der Waals surface area contributed by atoms with Gasteiger partial charge in [-0.15, -0.1) is 0 Å². The Bertz CT molecular complexity index is 980. The number of rotatable bonds is 8. The van der Waals surface area contributed by atoms with Crippen molar-refractivity contribution in [3.63, 3.8) is 0 Å². The minimum absolute atomic E-state index is 0.353. The number of aromatic nitrogens is 2. The summed E-state index contributed by atoms with van der Waals surface area (Å²) in [7, 11) is 1.62. The van der Waals surface area contributed by atoms with Gasteiger partial charge in [-0.25, -0.2) is 14.2 Å². The standard InChI is InChI=1S/C21H23FN6O2/c1-14-13-19(26-16-7-9-18(30-2)10-8-16)28-20(25-14)23-11-12-24-21(29)27-17-5-3-15(22)4-6-17/h3-10,13H,11-12H2,1-2H3,(H2,24,27,29)(H2,23,25,26,28). The zero-order chi connectivity index (χ0) is 21.3. The normalized spacial score (nSPS) is 10.2. The summed E-state index contributed by atoms with van der Waals surface area (Å²) in [6, 6.07) is 14.5. The van der Waals surface area contributed by atoms with E-state index in [4.69, 9.17) is 4.74 Å². The summed E-state index contributed by atoms with van der Waals surface area (Å²) in [5.41, 5.74) is 2.18. The number of urea groups is 1. The van der Waals surface area contributed by atoms with Gasteiger partial charge in [-0.1, -0.05) is 0 Å². The highest BCUT2D eigenvalue weighted by Crippen LogP contribution is 2.19. The van der Waals surface area contributed by atoms with E-state index in [1.165, 1.54) is 24.3 Å². The summed E-state index contributed by atoms with van der Waals surface area (Å²) in [5.74, 6) is 1.52. The summed E-state index contributed by atoms with van der Waals surface area (Å²) in [4.78, 5) is 20.7. The van der Waals surface area contributed by atoms with E-state index in [9.17, 15) is 9.18 Å². The molecule has 2 aromatic carbocycles. The number of aryl methyl sites for hydroxylation is 1. The van der Waals surface area contributed by atoms with Crippen LogP contribution in [0.2, 0.25) is 0 Å². The maximum absolute atomic E-state index is 12.9. The van der Waals surface area contributed by atoms with Crippen molar-refractivity contribution in [3.8, 4) is 5.75 Å². The van der Waals surface area contributed by atoms with Crippen LogP contribution in [0.3, 0.4) is 0 Å². The van der Waals surface area contributed by atoms with E-state index in [1.807, 2.05) is 37.3 Å². The van der Waals surface area contributed by atoms with E-state index >= 15 is 0 Å². The lowest BCUT2D eigenvalue weighted by Crippen LogP contribution is -2.32. The van der Waals surface area contributed by atoms with Crippen molar-refractivity contribution in [1.29, 1.82) is 0 Å². The Hall–Kier alpha value is -3.88. The van der Waals surface area contributed by atoms with Crippen molar-refractivity contribution in [2.24, 2.45) is 0 Å². The Morgan fingerprint density at radius 1 is 1.00 bits per heavy atom. The van der Waals surface area contributed by atoms with Crippen LogP contribution in [-0.4, -0.2) is 36.2 Å². The first kappa shape index (κ1) is 20.8. The molecule has 4 N–H and O–H groups in total. The third-order valence-corrected chi connectivity index (χ3v) is 4.01. The lowest BCUT2D eigenvalue weighted by atomic mass is 10.3. The first-order chi connectivity index (χ1) is 14.5. The van der Waals surface area contributed by atoms with Crippen molar-refractivity contribution in [2.75, 3.05) is 36.1 Å². The number of anilines is 4. The number of methoxy groups -OCH3 is 1. The van der Waals surface area contributed by atoms with Gasteiger partial charge in [0.05, 0.1) is 7.11 Å². The average Bonchev–Trinajstić information content (AvgIpc) is 2.73. The van der Waals surface area contributed by atoms with Crippen LogP contribution < -0.4 is 26.0 Å². The number of hydrogen-bond donors (Lipinski definition) is 4. The molecule has 3 rings (SSSR count). The molecule has 0 atom stereocenters. The molecule has 0 saturated carbocycles. The fourth-order valence-corrected chi connectivity index (χ4v) is 2.59. The van der Waals surface area contributed by atoms with Crippen LogP contribution in [0.15, 0.2) is 54.6 Å². The molecule has 0 bridgehead atoms. The third kappa shape index (κ3) is 6.33. The zero-order valence-electron chi connectivity index (χ0n) is 16.7. The monoisotopic (exact) mass is 410 g/mol. The Kier molecular flexibility index (Phi) is 6.99. The molecular weight excluding hydrogens is 387 g/mol. The van der Waals surface area contributed by atoms with Gasteiger partial charge < -0.3 is 26.0 Å². The number of hydrogen-bond acceptors (Lipinski definition) is 6. The van der Waals surface area contributed by atoms with E-state index < -0.39 is 0 Å². The highest BCUT2D eigenvalue weighted by atomic mass is 19.1. The van der Waals surface area contributed by atoms with Gasteiger partial charge in [0.1, 0.15) is 17.4 Å². The molecule has 9 heteroatoms. The van der Waals surface area contributed by atoms with Gasteiger partial charge in [-0.2, -0.15) is 4.98 Å². The summed E-state index contributed by atoms with van der Waals surface area (Å²) in [6.07, 6.45) is 0. The van der Waals surface area contributed by atoms with Gasteiger partial charge in [0.15, 0.2) is 0 Å². The molecule has 0 fully saturated rings. The van der Waals surface area contributed by atoms with E-state index in [0.29, 0.717) is 30.5 Å². The highest BCUT2D eigenvalue weighted by Gasteiger charge is 2.05. The number of carbonyl (C=O) groups is 1. The van der Waals surface area contributed by atoms with E-state index in [0.717, 1.165) is 17.1 Å². The van der Waals surface area contributed by atoms with Crippen LogP contribution in [0.25, 0.3) is 0 Å². The third-order valence-electron chi connectivity index (χ3n) is 4.01. The van der Waals surface area contributed by atoms with Crippen molar-refractivity contribution < 1.29 is 13.9 Å². The molecule has 2 amide bonds. The lowest BCUT2D eigenvalue weighted by molar-refractivity contribution is 0.252. The van der Waals surface area contributed by atoms with Crippen LogP contribution in [0.1, 0.15) is 5.69 Å². The fourth-order valence-electron chi connectivity index (χ4n) is 2.59. The van der Waals surface area contributed by atoms with Crippen molar-refractivity contribution in [1.82, 2.24) is 15.3 Å². The smallest absolute Gasteiger partial charge is 0.319 e. The predicted octanol–water partition coefficient (Wildman–Crippen LogP) is 3.91. The molecule has 0 aliphatic heterocycles. The second kappa shape index (κ2) is 10.1. The lowest BCUT2D eigenvalue weighted by Gasteiger charge is -2.11. The number of nitrogens with one attached hydrogen (secondary N) is 4. The van der Waals surface area contributed by atoms with Gasteiger partial charge in [0.25, 0.3) is 0 Å². The summed E-state index contributed by atoms with van der Waals surface area (Å²) >= 11 is 0. The second-order valence-electron chi connectivity index (χ2n) is 6.39. The van der Waals surface area contributed by atoms with Crippen LogP contribution >= 0.6 is 0 Å². The number of benzene rings is 2. The molecule has 0 aliphatic carbocycles. The van der Waals surface area contributed by atoms with Gasteiger partial charge in [-0.05, 0) is 55.5 Å². The summed E-state index contributed by atoms with van der Waals surface area (Å²) in [6.45, 7) is 2.66. The summed E-state index contributed by atoms with van der Waals surface area (Å²) in [5, 5.41) is 11.6. The van der Waals surface area contributed by atoms with E-state index in [1.54, 1.807) is 7.11 Å².